The number of nitrogens with one attached hydrogen (secondary N) is 2. The molecule has 1 aromatic heterocycles. The average molecular weight is 257 g/mol. The van der Waals surface area contributed by atoms with Gasteiger partial charge < -0.3 is 10.6 Å². The monoisotopic (exact) mass is 257 g/mol. The molecule has 2 N–H and O–H groups in total. The minimum Gasteiger partial charge on any atom is -0.373 e. The first-order valence-corrected chi connectivity index (χ1v) is 6.48. The van der Waals surface area contributed by atoms with Crippen molar-refractivity contribution in [2.24, 2.45) is 0 Å². The number of rotatable bonds is 4. The van der Waals surface area contributed by atoms with Crippen molar-refractivity contribution >= 4 is 22.5 Å². The second kappa shape index (κ2) is 5.69. The molecule has 0 bridgehead atoms. The highest BCUT2D eigenvalue weighted by Crippen LogP contribution is 2.21. The Kier molecular flexibility index (Phi) is 4.00. The van der Waals surface area contributed by atoms with E-state index in [1.807, 2.05) is 51.1 Å². The van der Waals surface area contributed by atoms with Gasteiger partial charge in [-0.2, -0.15) is 0 Å². The third-order valence-electron chi connectivity index (χ3n) is 2.85. The normalized spacial score (nSPS) is 12.4. The Bertz CT molecular complexity index is 575. The number of carbonyl (C=O) groups excluding carboxylic acids is 1. The first-order chi connectivity index (χ1) is 9.08. The lowest BCUT2D eigenvalue weighted by atomic mass is 10.1. The molecule has 1 atom stereocenters. The molecule has 0 radical (unpaired) electrons. The summed E-state index contributed by atoms with van der Waals surface area (Å²) in [5.74, 6) is -0.00380. The molecule has 0 aliphatic carbocycles. The Balaban J connectivity index is 2.19. The number of carbonyl (C=O) groups is 1. The zero-order chi connectivity index (χ0) is 13.8. The van der Waals surface area contributed by atoms with Gasteiger partial charge in [-0.1, -0.05) is 18.2 Å². The van der Waals surface area contributed by atoms with Crippen molar-refractivity contribution in [2.75, 3.05) is 5.32 Å². The summed E-state index contributed by atoms with van der Waals surface area (Å²) in [5, 5.41) is 7.15. The Hall–Kier alpha value is -2.10. The van der Waals surface area contributed by atoms with Crippen LogP contribution in [-0.4, -0.2) is 23.0 Å². The van der Waals surface area contributed by atoms with E-state index in [2.05, 4.69) is 15.6 Å². The van der Waals surface area contributed by atoms with E-state index >= 15 is 0 Å². The molecule has 2 rings (SSSR count). The predicted molar refractivity (Wildman–Crippen MR) is 78.1 cm³/mol. The molecule has 1 heterocycles. The van der Waals surface area contributed by atoms with E-state index in [9.17, 15) is 4.79 Å². The predicted octanol–water partition coefficient (Wildman–Crippen LogP) is 2.56. The Labute approximate surface area is 113 Å². The number of hydrogen-bond donors (Lipinski definition) is 2. The molecule has 2 aromatic rings. The van der Waals surface area contributed by atoms with Crippen molar-refractivity contribution < 1.29 is 4.79 Å². The molecule has 0 fully saturated rings. The first kappa shape index (κ1) is 13.3. The van der Waals surface area contributed by atoms with Gasteiger partial charge in [-0.15, -0.1) is 0 Å². The van der Waals surface area contributed by atoms with Gasteiger partial charge in [0, 0.05) is 23.3 Å². The zero-order valence-electron chi connectivity index (χ0n) is 11.5. The van der Waals surface area contributed by atoms with Crippen LogP contribution in [0.25, 0.3) is 10.9 Å². The maximum absolute atomic E-state index is 11.9. The van der Waals surface area contributed by atoms with E-state index < -0.39 is 0 Å². The summed E-state index contributed by atoms with van der Waals surface area (Å²) in [6.07, 6.45) is 1.75. The largest absolute Gasteiger partial charge is 0.373 e. The average Bonchev–Trinajstić information content (AvgIpc) is 2.38. The fourth-order valence-electron chi connectivity index (χ4n) is 1.93. The molecule has 0 aliphatic heterocycles. The first-order valence-electron chi connectivity index (χ1n) is 6.48. The van der Waals surface area contributed by atoms with Gasteiger partial charge in [-0.05, 0) is 32.9 Å². The molecule has 4 nitrogen and oxygen atoms in total. The smallest absolute Gasteiger partial charge is 0.242 e. The number of aromatic nitrogens is 1. The third kappa shape index (κ3) is 3.22. The molecule has 0 saturated heterocycles. The summed E-state index contributed by atoms with van der Waals surface area (Å²) in [5.41, 5.74) is 1.85. The van der Waals surface area contributed by atoms with Gasteiger partial charge in [0.25, 0.3) is 0 Å². The van der Waals surface area contributed by atoms with Crippen LogP contribution in [0.3, 0.4) is 0 Å². The van der Waals surface area contributed by atoms with E-state index in [1.54, 1.807) is 6.20 Å². The summed E-state index contributed by atoms with van der Waals surface area (Å²) in [4.78, 5) is 16.2. The maximum atomic E-state index is 11.9. The zero-order valence-corrected chi connectivity index (χ0v) is 11.5. The fraction of sp³-hybridized carbons (Fsp3) is 0.333. The summed E-state index contributed by atoms with van der Waals surface area (Å²) in [6, 6.07) is 9.62. The molecule has 100 valence electrons. The van der Waals surface area contributed by atoms with Crippen LogP contribution < -0.4 is 10.6 Å². The minimum atomic E-state index is -0.284. The van der Waals surface area contributed by atoms with Crippen LogP contribution >= 0.6 is 0 Å². The molecule has 1 amide bonds. The summed E-state index contributed by atoms with van der Waals surface area (Å²) in [7, 11) is 0. The van der Waals surface area contributed by atoms with E-state index in [-0.39, 0.29) is 18.0 Å². The topological polar surface area (TPSA) is 54.0 Å². The highest BCUT2D eigenvalue weighted by Gasteiger charge is 2.14. The Morgan fingerprint density at radius 3 is 2.63 bits per heavy atom. The lowest BCUT2D eigenvalue weighted by Gasteiger charge is -2.18. The quantitative estimate of drug-likeness (QED) is 0.885. The van der Waals surface area contributed by atoms with Crippen LogP contribution in [0.5, 0.6) is 0 Å². The van der Waals surface area contributed by atoms with Gasteiger partial charge in [-0.25, -0.2) is 0 Å². The highest BCUT2D eigenvalue weighted by molar-refractivity contribution is 5.93. The van der Waals surface area contributed by atoms with Crippen molar-refractivity contribution in [2.45, 2.75) is 32.9 Å². The van der Waals surface area contributed by atoms with Crippen LogP contribution in [0.15, 0.2) is 36.5 Å². The Morgan fingerprint density at radius 2 is 1.89 bits per heavy atom. The van der Waals surface area contributed by atoms with Crippen molar-refractivity contribution in [1.29, 1.82) is 0 Å². The number of anilines is 1. The molecule has 19 heavy (non-hydrogen) atoms. The number of pyridine rings is 1. The van der Waals surface area contributed by atoms with E-state index in [1.165, 1.54) is 0 Å². The van der Waals surface area contributed by atoms with Gasteiger partial charge >= 0.3 is 0 Å². The molecule has 1 unspecified atom stereocenters. The van der Waals surface area contributed by atoms with E-state index in [0.717, 1.165) is 16.6 Å². The van der Waals surface area contributed by atoms with Gasteiger partial charge in [-0.3, -0.25) is 9.78 Å². The Morgan fingerprint density at radius 1 is 1.16 bits per heavy atom. The molecular weight excluding hydrogens is 238 g/mol. The summed E-state index contributed by atoms with van der Waals surface area (Å²) in [6.45, 7) is 5.76. The van der Waals surface area contributed by atoms with Crippen molar-refractivity contribution in [3.05, 3.63) is 36.5 Å². The second-order valence-electron chi connectivity index (χ2n) is 4.90. The van der Waals surface area contributed by atoms with Crippen LogP contribution in [-0.2, 0) is 4.79 Å². The summed E-state index contributed by atoms with van der Waals surface area (Å²) >= 11 is 0. The number of para-hydroxylation sites is 1. The number of nitrogens with zero attached hydrogens (tertiary/aromatic N) is 1. The standard InChI is InChI=1S/C15H19N3O/c1-10(2)17-15(19)11(3)18-14-8-9-16-13-7-5-4-6-12(13)14/h4-11H,1-3H3,(H,16,18)(H,17,19). The van der Waals surface area contributed by atoms with Crippen molar-refractivity contribution in [3.63, 3.8) is 0 Å². The number of benzene rings is 1. The minimum absolute atomic E-state index is 0.00380. The fourth-order valence-corrected chi connectivity index (χ4v) is 1.93. The van der Waals surface area contributed by atoms with E-state index in [4.69, 9.17) is 0 Å². The van der Waals surface area contributed by atoms with Gasteiger partial charge in [0.15, 0.2) is 0 Å². The van der Waals surface area contributed by atoms with E-state index in [0.29, 0.717) is 0 Å². The third-order valence-corrected chi connectivity index (χ3v) is 2.85. The highest BCUT2D eigenvalue weighted by atomic mass is 16.2. The van der Waals surface area contributed by atoms with Crippen LogP contribution in [0.2, 0.25) is 0 Å². The number of fused-ring (bicyclic) bond motifs is 1. The molecule has 0 saturated carbocycles. The lowest BCUT2D eigenvalue weighted by molar-refractivity contribution is -0.122. The maximum Gasteiger partial charge on any atom is 0.242 e. The van der Waals surface area contributed by atoms with Crippen molar-refractivity contribution in [1.82, 2.24) is 10.3 Å². The molecule has 1 aromatic carbocycles. The van der Waals surface area contributed by atoms with Crippen molar-refractivity contribution in [3.8, 4) is 0 Å². The van der Waals surface area contributed by atoms with Gasteiger partial charge in [0.05, 0.1) is 5.52 Å². The van der Waals surface area contributed by atoms with Crippen LogP contribution in [0.1, 0.15) is 20.8 Å². The van der Waals surface area contributed by atoms with Gasteiger partial charge in [0.2, 0.25) is 5.91 Å². The molecular formula is C15H19N3O. The molecule has 0 spiro atoms. The lowest BCUT2D eigenvalue weighted by Crippen LogP contribution is -2.41. The SMILES string of the molecule is CC(C)NC(=O)C(C)Nc1ccnc2ccccc12. The second-order valence-corrected chi connectivity index (χ2v) is 4.90. The number of amides is 1. The molecule has 4 heteroatoms. The van der Waals surface area contributed by atoms with Gasteiger partial charge in [0.1, 0.15) is 6.04 Å². The van der Waals surface area contributed by atoms with Crippen LogP contribution in [0, 0.1) is 0 Å². The molecule has 0 aliphatic rings. The number of hydrogen-bond acceptors (Lipinski definition) is 3. The van der Waals surface area contributed by atoms with Crippen LogP contribution in [0.4, 0.5) is 5.69 Å². The summed E-state index contributed by atoms with van der Waals surface area (Å²) < 4.78 is 0.